The number of hydrogen-bond acceptors (Lipinski definition) is 3. The van der Waals surface area contributed by atoms with Crippen LogP contribution in [0.5, 0.6) is 0 Å². The Labute approximate surface area is 422 Å². The van der Waals surface area contributed by atoms with Crippen molar-refractivity contribution in [3.8, 4) is 0 Å². The number of aliphatic hydroxyl groups excluding tert-OH is 2. The van der Waals surface area contributed by atoms with Crippen molar-refractivity contribution in [3.63, 3.8) is 0 Å². The van der Waals surface area contributed by atoms with E-state index in [0.717, 1.165) is 25.7 Å². The van der Waals surface area contributed by atoms with Gasteiger partial charge in [-0.3, -0.25) is 4.79 Å². The number of rotatable bonds is 59. The van der Waals surface area contributed by atoms with Crippen molar-refractivity contribution in [2.45, 2.75) is 379 Å². The molecule has 0 aromatic heterocycles. The Morgan fingerprint density at radius 2 is 0.552 bits per heavy atom. The largest absolute Gasteiger partial charge is 0.394 e. The fourth-order valence-corrected chi connectivity index (χ4v) is 10.2. The van der Waals surface area contributed by atoms with Crippen LogP contribution in [0.15, 0.2) is 12.2 Å². The van der Waals surface area contributed by atoms with Gasteiger partial charge in [-0.2, -0.15) is 0 Å². The molecule has 4 nitrogen and oxygen atoms in total. The Hall–Kier alpha value is -0.870. The Kier molecular flexibility index (Phi) is 58.7. The van der Waals surface area contributed by atoms with Crippen LogP contribution >= 0.6 is 0 Å². The van der Waals surface area contributed by atoms with Gasteiger partial charge < -0.3 is 15.5 Å². The highest BCUT2D eigenvalue weighted by molar-refractivity contribution is 5.76. The average molecular weight is 945 g/mol. The minimum Gasteiger partial charge on any atom is -0.394 e. The first-order valence-corrected chi connectivity index (χ1v) is 31.4. The zero-order valence-corrected chi connectivity index (χ0v) is 46.2. The first kappa shape index (κ1) is 66.1. The van der Waals surface area contributed by atoms with Crippen molar-refractivity contribution in [3.05, 3.63) is 12.2 Å². The van der Waals surface area contributed by atoms with Gasteiger partial charge in [0.2, 0.25) is 5.91 Å². The summed E-state index contributed by atoms with van der Waals surface area (Å²) in [4.78, 5) is 12.5. The molecule has 0 aliphatic carbocycles. The number of nitrogens with one attached hydrogen (secondary N) is 1. The molecule has 0 radical (unpaired) electrons. The van der Waals surface area contributed by atoms with Crippen LogP contribution in [0.2, 0.25) is 0 Å². The van der Waals surface area contributed by atoms with E-state index < -0.39 is 12.1 Å². The van der Waals surface area contributed by atoms with Crippen LogP contribution in [0.3, 0.4) is 0 Å². The number of carbonyl (C=O) groups is 1. The van der Waals surface area contributed by atoms with Crippen LogP contribution < -0.4 is 5.32 Å². The fourth-order valence-electron chi connectivity index (χ4n) is 10.2. The number of unbranched alkanes of at least 4 members (excludes halogenated alkanes) is 52. The number of carbonyl (C=O) groups excluding carboxylic acids is 1. The van der Waals surface area contributed by atoms with Crippen molar-refractivity contribution in [1.82, 2.24) is 5.32 Å². The molecule has 4 heteroatoms. The van der Waals surface area contributed by atoms with Crippen molar-refractivity contribution in [2.75, 3.05) is 6.61 Å². The number of allylic oxidation sites excluding steroid dienone is 1. The topological polar surface area (TPSA) is 69.6 Å². The molecule has 0 aromatic carbocycles. The van der Waals surface area contributed by atoms with Gasteiger partial charge in [0.1, 0.15) is 0 Å². The van der Waals surface area contributed by atoms with Gasteiger partial charge in [0, 0.05) is 6.42 Å². The standard InChI is InChI=1S/C63H125NO3/c1-3-5-7-9-11-13-15-17-19-21-23-25-26-27-28-29-30-31-32-33-34-35-36-37-39-41-43-45-47-49-51-53-55-57-59-63(67)64-61(60-65)62(66)58-56-54-52-50-48-46-44-42-40-38-24-22-20-18-16-14-12-10-8-6-4-2/h56,58,61-62,65-66H,3-55,57,59-60H2,1-2H3,(H,64,67)/b58-56+. The molecule has 0 fully saturated rings. The Bertz CT molecular complexity index is 936. The molecule has 2 atom stereocenters. The predicted octanol–water partition coefficient (Wildman–Crippen LogP) is 20.9. The van der Waals surface area contributed by atoms with Gasteiger partial charge in [-0.1, -0.05) is 353 Å². The van der Waals surface area contributed by atoms with E-state index >= 15 is 0 Å². The van der Waals surface area contributed by atoms with Crippen LogP contribution in [0.1, 0.15) is 367 Å². The van der Waals surface area contributed by atoms with Crippen LogP contribution in [0.25, 0.3) is 0 Å². The van der Waals surface area contributed by atoms with Gasteiger partial charge in [-0.05, 0) is 19.3 Å². The molecular weight excluding hydrogens is 819 g/mol. The SMILES string of the molecule is CCCCCCCCCCCCCCCCCCCCC/C=C/C(O)C(CO)NC(=O)CCCCCCCCCCCCCCCCCCCCCCCCCCCCCCCCCCCC. The Morgan fingerprint density at radius 1 is 0.343 bits per heavy atom. The molecule has 0 spiro atoms. The molecule has 2 unspecified atom stereocenters. The van der Waals surface area contributed by atoms with Crippen molar-refractivity contribution in [1.29, 1.82) is 0 Å². The van der Waals surface area contributed by atoms with E-state index in [1.54, 1.807) is 6.08 Å². The summed E-state index contributed by atoms with van der Waals surface area (Å²) in [7, 11) is 0. The third kappa shape index (κ3) is 55.9. The maximum atomic E-state index is 12.5. The van der Waals surface area contributed by atoms with E-state index in [1.165, 1.54) is 321 Å². The van der Waals surface area contributed by atoms with Crippen LogP contribution in [0, 0.1) is 0 Å². The quantitative estimate of drug-likeness (QED) is 0.0420. The van der Waals surface area contributed by atoms with Gasteiger partial charge in [0.05, 0.1) is 18.8 Å². The minimum atomic E-state index is -0.836. The highest BCUT2D eigenvalue weighted by Crippen LogP contribution is 2.19. The summed E-state index contributed by atoms with van der Waals surface area (Å²) in [6.07, 6.45) is 78.4. The summed E-state index contributed by atoms with van der Waals surface area (Å²) < 4.78 is 0. The highest BCUT2D eigenvalue weighted by Gasteiger charge is 2.18. The van der Waals surface area contributed by atoms with Crippen molar-refractivity contribution in [2.24, 2.45) is 0 Å². The molecular formula is C63H125NO3. The van der Waals surface area contributed by atoms with Crippen molar-refractivity contribution < 1.29 is 15.0 Å². The van der Waals surface area contributed by atoms with Gasteiger partial charge in [0.15, 0.2) is 0 Å². The minimum absolute atomic E-state index is 0.0544. The summed E-state index contributed by atoms with van der Waals surface area (Å²) in [6, 6.07) is -0.619. The summed E-state index contributed by atoms with van der Waals surface area (Å²) in [5.41, 5.74) is 0. The van der Waals surface area contributed by atoms with Gasteiger partial charge >= 0.3 is 0 Å². The lowest BCUT2D eigenvalue weighted by molar-refractivity contribution is -0.123. The maximum absolute atomic E-state index is 12.5. The van der Waals surface area contributed by atoms with E-state index in [0.29, 0.717) is 6.42 Å². The number of amides is 1. The lowest BCUT2D eigenvalue weighted by Gasteiger charge is -2.20. The second-order valence-corrected chi connectivity index (χ2v) is 21.8. The monoisotopic (exact) mass is 944 g/mol. The maximum Gasteiger partial charge on any atom is 0.220 e. The summed E-state index contributed by atoms with van der Waals surface area (Å²) in [5.74, 6) is -0.0544. The van der Waals surface area contributed by atoms with Crippen LogP contribution in [-0.2, 0) is 4.79 Å². The third-order valence-corrected chi connectivity index (χ3v) is 15.0. The zero-order chi connectivity index (χ0) is 48.5. The van der Waals surface area contributed by atoms with Gasteiger partial charge in [-0.15, -0.1) is 0 Å². The summed E-state index contributed by atoms with van der Waals surface area (Å²) in [6.45, 7) is 4.36. The normalized spacial score (nSPS) is 12.7. The van der Waals surface area contributed by atoms with Crippen molar-refractivity contribution >= 4 is 5.91 Å². The first-order valence-electron chi connectivity index (χ1n) is 31.4. The fraction of sp³-hybridized carbons (Fsp3) is 0.952. The molecule has 0 saturated carbocycles. The smallest absolute Gasteiger partial charge is 0.220 e. The molecule has 0 heterocycles. The second-order valence-electron chi connectivity index (χ2n) is 21.8. The predicted molar refractivity (Wildman–Crippen MR) is 299 cm³/mol. The molecule has 67 heavy (non-hydrogen) atoms. The third-order valence-electron chi connectivity index (χ3n) is 15.0. The zero-order valence-electron chi connectivity index (χ0n) is 46.2. The summed E-state index contributed by atoms with van der Waals surface area (Å²) in [5, 5.41) is 23.2. The molecule has 0 aromatic rings. The van der Waals surface area contributed by atoms with E-state index in [-0.39, 0.29) is 12.5 Å². The first-order chi connectivity index (χ1) is 33.2. The average Bonchev–Trinajstić information content (AvgIpc) is 3.33. The molecule has 1 amide bonds. The number of aliphatic hydroxyl groups is 2. The molecule has 0 bridgehead atoms. The van der Waals surface area contributed by atoms with Crippen LogP contribution in [-0.4, -0.2) is 34.9 Å². The lowest BCUT2D eigenvalue weighted by atomic mass is 10.0. The number of hydrogen-bond donors (Lipinski definition) is 3. The summed E-state index contributed by atoms with van der Waals surface area (Å²) >= 11 is 0. The molecule has 0 rings (SSSR count). The van der Waals surface area contributed by atoms with E-state index in [1.807, 2.05) is 6.08 Å². The van der Waals surface area contributed by atoms with Gasteiger partial charge in [0.25, 0.3) is 0 Å². The molecule has 400 valence electrons. The second kappa shape index (κ2) is 59.4. The lowest BCUT2D eigenvalue weighted by Crippen LogP contribution is -2.45. The van der Waals surface area contributed by atoms with Gasteiger partial charge in [-0.25, -0.2) is 0 Å². The molecule has 0 aliphatic heterocycles. The Balaban J connectivity index is 3.39. The van der Waals surface area contributed by atoms with Crippen LogP contribution in [0.4, 0.5) is 0 Å². The molecule has 0 saturated heterocycles. The van der Waals surface area contributed by atoms with E-state index in [2.05, 4.69) is 19.2 Å². The van der Waals surface area contributed by atoms with E-state index in [4.69, 9.17) is 0 Å². The Morgan fingerprint density at radius 3 is 0.776 bits per heavy atom. The van der Waals surface area contributed by atoms with E-state index in [9.17, 15) is 15.0 Å². The molecule has 0 aliphatic rings. The highest BCUT2D eigenvalue weighted by atomic mass is 16.3. The molecule has 3 N–H and O–H groups in total.